The normalized spacial score (nSPS) is 10.5. The van der Waals surface area contributed by atoms with Crippen LogP contribution in [0.3, 0.4) is 0 Å². The fourth-order valence-corrected chi connectivity index (χ4v) is 3.12. The molecule has 1 heterocycles. The fourth-order valence-electron chi connectivity index (χ4n) is 3.12. The average molecular weight is 363 g/mol. The number of primary amides is 1. The Morgan fingerprint density at radius 3 is 2.37 bits per heavy atom. The molecule has 1 aromatic heterocycles. The van der Waals surface area contributed by atoms with Gasteiger partial charge in [0.2, 0.25) is 5.91 Å². The second kappa shape index (κ2) is 7.37. The summed E-state index contributed by atoms with van der Waals surface area (Å²) in [4.78, 5) is 24.3. The minimum absolute atomic E-state index is 0.287. The lowest BCUT2D eigenvalue weighted by atomic mass is 10.1. The molecule has 0 aliphatic carbocycles. The highest BCUT2D eigenvalue weighted by Crippen LogP contribution is 2.27. The Balaban J connectivity index is 1.96. The zero-order valence-electron chi connectivity index (χ0n) is 15.4. The highest BCUT2D eigenvalue weighted by Gasteiger charge is 2.18. The van der Waals surface area contributed by atoms with E-state index in [-0.39, 0.29) is 5.91 Å². The summed E-state index contributed by atoms with van der Waals surface area (Å²) in [6.07, 6.45) is 0. The second-order valence-electron chi connectivity index (χ2n) is 6.19. The monoisotopic (exact) mass is 363 g/mol. The van der Waals surface area contributed by atoms with E-state index in [9.17, 15) is 9.59 Å². The number of para-hydroxylation sites is 1. The maximum absolute atomic E-state index is 12.9. The topological polar surface area (TPSA) is 86.3 Å². The highest BCUT2D eigenvalue weighted by atomic mass is 16.5. The van der Waals surface area contributed by atoms with Crippen LogP contribution in [0.15, 0.2) is 54.6 Å². The molecule has 138 valence electrons. The predicted molar refractivity (Wildman–Crippen MR) is 105 cm³/mol. The van der Waals surface area contributed by atoms with Crippen LogP contribution in [0.1, 0.15) is 32.1 Å². The van der Waals surface area contributed by atoms with E-state index in [4.69, 9.17) is 10.5 Å². The number of ether oxygens (including phenoxy) is 1. The first-order valence-corrected chi connectivity index (χ1v) is 8.46. The first kappa shape index (κ1) is 18.3. The van der Waals surface area contributed by atoms with Gasteiger partial charge in [0.05, 0.1) is 18.4 Å². The molecular weight excluding hydrogens is 342 g/mol. The number of anilines is 1. The number of hydrogen-bond donors (Lipinski definition) is 2. The van der Waals surface area contributed by atoms with Gasteiger partial charge in [-0.1, -0.05) is 18.2 Å². The van der Waals surface area contributed by atoms with Crippen molar-refractivity contribution < 1.29 is 14.3 Å². The number of aromatic nitrogens is 1. The third-order valence-electron chi connectivity index (χ3n) is 4.42. The molecule has 6 heteroatoms. The van der Waals surface area contributed by atoms with Crippen molar-refractivity contribution in [3.8, 4) is 11.4 Å². The Morgan fingerprint density at radius 2 is 1.74 bits per heavy atom. The molecule has 2 aromatic carbocycles. The number of carbonyl (C=O) groups is 2. The number of nitrogens with zero attached hydrogens (tertiary/aromatic N) is 1. The minimum atomic E-state index is -0.574. The Kier molecular flexibility index (Phi) is 4.98. The maximum Gasteiger partial charge on any atom is 0.257 e. The van der Waals surface area contributed by atoms with E-state index in [1.54, 1.807) is 12.1 Å². The lowest BCUT2D eigenvalue weighted by molar-refractivity contribution is 0.0996. The van der Waals surface area contributed by atoms with Crippen LogP contribution in [-0.4, -0.2) is 23.5 Å². The largest absolute Gasteiger partial charge is 0.495 e. The molecular formula is C21H21N3O3. The molecule has 0 fully saturated rings. The molecule has 2 amide bonds. The van der Waals surface area contributed by atoms with E-state index in [0.717, 1.165) is 17.1 Å². The van der Waals surface area contributed by atoms with Crippen LogP contribution in [0.5, 0.6) is 5.75 Å². The molecule has 0 bridgehead atoms. The number of rotatable bonds is 5. The molecule has 3 N–H and O–H groups in total. The standard InChI is InChI=1S/C21H21N3O3/c1-13-11-17(14(2)24(13)16-7-5-4-6-8-16)21(26)23-18-12-15(20(22)25)9-10-19(18)27-3/h4-12H,1-3H3,(H2,22,25)(H,23,26). The number of aryl methyl sites for hydroxylation is 1. The fraction of sp³-hybridized carbons (Fsp3) is 0.143. The molecule has 0 saturated carbocycles. The molecule has 3 rings (SSSR count). The minimum Gasteiger partial charge on any atom is -0.495 e. The number of methoxy groups -OCH3 is 1. The van der Waals surface area contributed by atoms with Crippen LogP contribution < -0.4 is 15.8 Å². The van der Waals surface area contributed by atoms with Gasteiger partial charge < -0.3 is 20.4 Å². The van der Waals surface area contributed by atoms with Crippen molar-refractivity contribution in [3.63, 3.8) is 0 Å². The molecule has 0 unspecified atom stereocenters. The van der Waals surface area contributed by atoms with Crippen LogP contribution >= 0.6 is 0 Å². The molecule has 6 nitrogen and oxygen atoms in total. The Bertz CT molecular complexity index is 1010. The van der Waals surface area contributed by atoms with E-state index in [0.29, 0.717) is 22.6 Å². The van der Waals surface area contributed by atoms with E-state index >= 15 is 0 Å². The lowest BCUT2D eigenvalue weighted by Gasteiger charge is -2.12. The first-order chi connectivity index (χ1) is 12.9. The van der Waals surface area contributed by atoms with Gasteiger partial charge >= 0.3 is 0 Å². The second-order valence-corrected chi connectivity index (χ2v) is 6.19. The van der Waals surface area contributed by atoms with Crippen LogP contribution in [0.2, 0.25) is 0 Å². The van der Waals surface area contributed by atoms with Gasteiger partial charge in [0.15, 0.2) is 0 Å². The number of amides is 2. The van der Waals surface area contributed by atoms with E-state index in [1.807, 2.05) is 54.8 Å². The van der Waals surface area contributed by atoms with Gasteiger partial charge in [-0.05, 0) is 50.2 Å². The summed E-state index contributed by atoms with van der Waals surface area (Å²) in [6, 6.07) is 16.3. The zero-order chi connectivity index (χ0) is 19.6. The third-order valence-corrected chi connectivity index (χ3v) is 4.42. The van der Waals surface area contributed by atoms with Gasteiger partial charge in [-0.2, -0.15) is 0 Å². The summed E-state index contributed by atoms with van der Waals surface area (Å²) >= 11 is 0. The first-order valence-electron chi connectivity index (χ1n) is 8.46. The summed E-state index contributed by atoms with van der Waals surface area (Å²) in [5.41, 5.74) is 9.31. The van der Waals surface area contributed by atoms with Gasteiger partial charge in [0, 0.05) is 22.6 Å². The van der Waals surface area contributed by atoms with Crippen molar-refractivity contribution in [2.45, 2.75) is 13.8 Å². The SMILES string of the molecule is COc1ccc(C(N)=O)cc1NC(=O)c1cc(C)n(-c2ccccc2)c1C. The number of nitrogens with two attached hydrogens (primary N) is 1. The summed E-state index contributed by atoms with van der Waals surface area (Å²) in [5, 5.41) is 2.82. The van der Waals surface area contributed by atoms with Gasteiger partial charge in [-0.3, -0.25) is 9.59 Å². The van der Waals surface area contributed by atoms with Crippen LogP contribution in [-0.2, 0) is 0 Å². The Hall–Kier alpha value is -3.54. The van der Waals surface area contributed by atoms with E-state index in [2.05, 4.69) is 5.32 Å². The maximum atomic E-state index is 12.9. The number of hydrogen-bond acceptors (Lipinski definition) is 3. The van der Waals surface area contributed by atoms with Gasteiger partial charge in [-0.25, -0.2) is 0 Å². The predicted octanol–water partition coefficient (Wildman–Crippen LogP) is 3.45. The number of nitrogens with one attached hydrogen (secondary N) is 1. The van der Waals surface area contributed by atoms with Crippen molar-refractivity contribution in [3.05, 3.63) is 77.1 Å². The summed E-state index contributed by atoms with van der Waals surface area (Å²) in [6.45, 7) is 3.84. The van der Waals surface area contributed by atoms with Crippen LogP contribution in [0.4, 0.5) is 5.69 Å². The molecule has 3 aromatic rings. The zero-order valence-corrected chi connectivity index (χ0v) is 15.4. The number of benzene rings is 2. The summed E-state index contributed by atoms with van der Waals surface area (Å²) < 4.78 is 7.29. The van der Waals surface area contributed by atoms with E-state index < -0.39 is 5.91 Å². The van der Waals surface area contributed by atoms with Crippen molar-refractivity contribution in [1.82, 2.24) is 4.57 Å². The number of carbonyl (C=O) groups excluding carboxylic acids is 2. The molecule has 0 atom stereocenters. The molecule has 0 aliphatic heterocycles. The molecule has 0 radical (unpaired) electrons. The average Bonchev–Trinajstić information content (AvgIpc) is 2.96. The smallest absolute Gasteiger partial charge is 0.257 e. The van der Waals surface area contributed by atoms with Gasteiger partial charge in [0.25, 0.3) is 5.91 Å². The van der Waals surface area contributed by atoms with Gasteiger partial charge in [0.1, 0.15) is 5.75 Å². The molecule has 27 heavy (non-hydrogen) atoms. The summed E-state index contributed by atoms with van der Waals surface area (Å²) in [5.74, 6) is -0.411. The van der Waals surface area contributed by atoms with Crippen LogP contribution in [0, 0.1) is 13.8 Å². The molecule has 0 aliphatic rings. The lowest BCUT2D eigenvalue weighted by Crippen LogP contribution is -2.16. The van der Waals surface area contributed by atoms with Crippen LogP contribution in [0.25, 0.3) is 5.69 Å². The third kappa shape index (κ3) is 3.55. The summed E-state index contributed by atoms with van der Waals surface area (Å²) in [7, 11) is 1.50. The van der Waals surface area contributed by atoms with Gasteiger partial charge in [-0.15, -0.1) is 0 Å². The molecule has 0 spiro atoms. The Labute approximate surface area is 157 Å². The van der Waals surface area contributed by atoms with Crippen molar-refractivity contribution in [2.75, 3.05) is 12.4 Å². The molecule has 0 saturated heterocycles. The van der Waals surface area contributed by atoms with Crippen molar-refractivity contribution in [2.24, 2.45) is 5.73 Å². The van der Waals surface area contributed by atoms with Crippen molar-refractivity contribution in [1.29, 1.82) is 0 Å². The quantitative estimate of drug-likeness (QED) is 0.728. The van der Waals surface area contributed by atoms with E-state index in [1.165, 1.54) is 13.2 Å². The highest BCUT2D eigenvalue weighted by molar-refractivity contribution is 6.07. The van der Waals surface area contributed by atoms with Crippen molar-refractivity contribution >= 4 is 17.5 Å². The Morgan fingerprint density at radius 1 is 1.04 bits per heavy atom.